The number of anilines is 1. The Morgan fingerprint density at radius 3 is 2.52 bits per heavy atom. The summed E-state index contributed by atoms with van der Waals surface area (Å²) in [6.07, 6.45) is 1.40. The van der Waals surface area contributed by atoms with Crippen LogP contribution in [0.2, 0.25) is 0 Å². The fourth-order valence-corrected chi connectivity index (χ4v) is 3.40. The Hall–Kier alpha value is -2.93. The summed E-state index contributed by atoms with van der Waals surface area (Å²) in [4.78, 5) is 37.0. The van der Waals surface area contributed by atoms with Crippen LogP contribution in [0, 0.1) is 24.0 Å². The lowest BCUT2D eigenvalue weighted by Gasteiger charge is -2.16. The van der Waals surface area contributed by atoms with Gasteiger partial charge in [0.1, 0.15) is 0 Å². The number of carbonyl (C=O) groups excluding carboxylic acids is 2. The minimum absolute atomic E-state index is 0.110. The van der Waals surface area contributed by atoms with Crippen LogP contribution in [0.3, 0.4) is 0 Å². The van der Waals surface area contributed by atoms with Crippen LogP contribution < -0.4 is 4.90 Å². The Morgan fingerprint density at radius 1 is 1.08 bits per heavy atom. The van der Waals surface area contributed by atoms with Gasteiger partial charge in [-0.1, -0.05) is 24.3 Å². The quantitative estimate of drug-likeness (QED) is 0.462. The van der Waals surface area contributed by atoms with Crippen LogP contribution in [0.5, 0.6) is 0 Å². The summed E-state index contributed by atoms with van der Waals surface area (Å²) in [7, 11) is 0. The zero-order chi connectivity index (χ0) is 18.1. The van der Waals surface area contributed by atoms with Crippen molar-refractivity contribution in [3.05, 3.63) is 74.2 Å². The van der Waals surface area contributed by atoms with Crippen LogP contribution in [0.1, 0.15) is 16.7 Å². The number of hydrogen-bond donors (Lipinski definition) is 0. The van der Waals surface area contributed by atoms with E-state index in [1.54, 1.807) is 30.3 Å². The molecule has 2 amide bonds. The van der Waals surface area contributed by atoms with E-state index in [0.29, 0.717) is 11.3 Å². The van der Waals surface area contributed by atoms with E-state index in [-0.39, 0.29) is 10.6 Å². The summed E-state index contributed by atoms with van der Waals surface area (Å²) in [6, 6.07) is 11.5. The van der Waals surface area contributed by atoms with Crippen molar-refractivity contribution in [2.45, 2.75) is 13.8 Å². The number of benzene rings is 2. The second kappa shape index (κ2) is 6.52. The van der Waals surface area contributed by atoms with Gasteiger partial charge in [-0.25, -0.2) is 4.90 Å². The van der Waals surface area contributed by atoms with Crippen LogP contribution in [0.15, 0.2) is 47.4 Å². The third-order valence-electron chi connectivity index (χ3n) is 4.03. The van der Waals surface area contributed by atoms with Crippen LogP contribution in [0.4, 0.5) is 16.2 Å². The Labute approximate surface area is 148 Å². The van der Waals surface area contributed by atoms with Crippen molar-refractivity contribution in [1.82, 2.24) is 0 Å². The summed E-state index contributed by atoms with van der Waals surface area (Å²) in [5, 5.41) is 10.7. The number of nitrogens with zero attached hydrogens (tertiary/aromatic N) is 2. The standard InChI is InChI=1S/C18H14N2O4S/c1-11-6-5-9-14(12(11)2)19-17(21)16(25-18(19)22)10-13-7-3-4-8-15(13)20(23)24/h3-10H,1-2H3/b16-10-. The van der Waals surface area contributed by atoms with E-state index in [9.17, 15) is 19.7 Å². The Morgan fingerprint density at radius 2 is 1.80 bits per heavy atom. The number of thioether (sulfide) groups is 1. The first-order chi connectivity index (χ1) is 11.9. The molecule has 0 unspecified atom stereocenters. The van der Waals surface area contributed by atoms with E-state index in [1.807, 2.05) is 19.9 Å². The maximum absolute atomic E-state index is 12.7. The highest BCUT2D eigenvalue weighted by atomic mass is 32.2. The monoisotopic (exact) mass is 354 g/mol. The number of amides is 2. The maximum atomic E-state index is 12.7. The molecule has 0 bridgehead atoms. The fourth-order valence-electron chi connectivity index (χ4n) is 2.57. The number of hydrogen-bond acceptors (Lipinski definition) is 5. The Kier molecular flexibility index (Phi) is 4.41. The average molecular weight is 354 g/mol. The normalized spacial score (nSPS) is 15.9. The predicted octanol–water partition coefficient (Wildman–Crippen LogP) is 4.45. The van der Waals surface area contributed by atoms with Crippen molar-refractivity contribution >= 4 is 40.4 Å². The summed E-state index contributed by atoms with van der Waals surface area (Å²) in [5.41, 5.74) is 2.53. The molecule has 2 aromatic rings. The molecule has 1 aliphatic rings. The average Bonchev–Trinajstić information content (AvgIpc) is 2.85. The fraction of sp³-hybridized carbons (Fsp3) is 0.111. The van der Waals surface area contributed by atoms with Crippen LogP contribution in [-0.2, 0) is 4.79 Å². The molecule has 2 aromatic carbocycles. The molecule has 0 atom stereocenters. The van der Waals surface area contributed by atoms with Gasteiger partial charge in [0.2, 0.25) is 0 Å². The molecule has 1 heterocycles. The maximum Gasteiger partial charge on any atom is 0.298 e. The number of nitro benzene ring substituents is 1. The molecule has 0 aliphatic carbocycles. The van der Waals surface area contributed by atoms with Gasteiger partial charge in [-0.3, -0.25) is 19.7 Å². The van der Waals surface area contributed by atoms with Crippen LogP contribution in [-0.4, -0.2) is 16.1 Å². The number of para-hydroxylation sites is 1. The van der Waals surface area contributed by atoms with Gasteiger partial charge in [0.25, 0.3) is 16.8 Å². The summed E-state index contributed by atoms with van der Waals surface area (Å²) >= 11 is 0.782. The minimum atomic E-state index is -0.513. The van der Waals surface area contributed by atoms with Gasteiger partial charge < -0.3 is 0 Å². The lowest BCUT2D eigenvalue weighted by atomic mass is 10.1. The van der Waals surface area contributed by atoms with Crippen molar-refractivity contribution in [2.24, 2.45) is 0 Å². The summed E-state index contributed by atoms with van der Waals surface area (Å²) < 4.78 is 0. The molecule has 6 nitrogen and oxygen atoms in total. The molecule has 126 valence electrons. The summed E-state index contributed by atoms with van der Waals surface area (Å²) in [6.45, 7) is 3.75. The molecule has 25 heavy (non-hydrogen) atoms. The second-order valence-electron chi connectivity index (χ2n) is 5.55. The molecular weight excluding hydrogens is 340 g/mol. The smallest absolute Gasteiger partial charge is 0.268 e. The van der Waals surface area contributed by atoms with Gasteiger partial charge >= 0.3 is 0 Å². The van der Waals surface area contributed by atoms with E-state index in [0.717, 1.165) is 27.8 Å². The highest BCUT2D eigenvalue weighted by Gasteiger charge is 2.37. The van der Waals surface area contributed by atoms with E-state index in [4.69, 9.17) is 0 Å². The third-order valence-corrected chi connectivity index (χ3v) is 4.90. The van der Waals surface area contributed by atoms with Gasteiger partial charge in [-0.05, 0) is 54.9 Å². The molecule has 3 rings (SSSR count). The first-order valence-corrected chi connectivity index (χ1v) is 8.29. The van der Waals surface area contributed by atoms with Crippen LogP contribution in [0.25, 0.3) is 6.08 Å². The van der Waals surface area contributed by atoms with Gasteiger partial charge in [-0.2, -0.15) is 0 Å². The highest BCUT2D eigenvalue weighted by molar-refractivity contribution is 8.19. The first kappa shape index (κ1) is 16.9. The van der Waals surface area contributed by atoms with Gasteiger partial charge in [-0.15, -0.1) is 0 Å². The first-order valence-electron chi connectivity index (χ1n) is 7.47. The van der Waals surface area contributed by atoms with Crippen LogP contribution >= 0.6 is 11.8 Å². The zero-order valence-electron chi connectivity index (χ0n) is 13.6. The number of rotatable bonds is 3. The second-order valence-corrected chi connectivity index (χ2v) is 6.55. The number of imide groups is 1. The topological polar surface area (TPSA) is 80.5 Å². The van der Waals surface area contributed by atoms with Gasteiger partial charge in [0.05, 0.1) is 21.1 Å². The molecule has 0 saturated carbocycles. The van der Waals surface area contributed by atoms with Crippen molar-refractivity contribution in [3.63, 3.8) is 0 Å². The largest absolute Gasteiger partial charge is 0.298 e. The SMILES string of the molecule is Cc1cccc(N2C(=O)S/C(=C\c3ccccc3[N+](=O)[O-])C2=O)c1C. The molecule has 0 spiro atoms. The van der Waals surface area contributed by atoms with E-state index < -0.39 is 16.1 Å². The molecule has 0 N–H and O–H groups in total. The Balaban J connectivity index is 2.03. The van der Waals surface area contributed by atoms with Gasteiger partial charge in [0, 0.05) is 6.07 Å². The lowest BCUT2D eigenvalue weighted by molar-refractivity contribution is -0.385. The van der Waals surface area contributed by atoms with Crippen molar-refractivity contribution in [1.29, 1.82) is 0 Å². The molecule has 0 aromatic heterocycles. The molecule has 1 saturated heterocycles. The number of carbonyl (C=O) groups is 2. The summed E-state index contributed by atoms with van der Waals surface area (Å²) in [5.74, 6) is -0.471. The molecule has 1 fully saturated rings. The molecular formula is C18H14N2O4S. The van der Waals surface area contributed by atoms with Crippen molar-refractivity contribution in [3.8, 4) is 0 Å². The lowest BCUT2D eigenvalue weighted by Crippen LogP contribution is -2.28. The number of aryl methyl sites for hydroxylation is 1. The third kappa shape index (κ3) is 3.06. The molecule has 0 radical (unpaired) electrons. The Bertz CT molecular complexity index is 936. The van der Waals surface area contributed by atoms with Crippen molar-refractivity contribution < 1.29 is 14.5 Å². The van der Waals surface area contributed by atoms with Gasteiger partial charge in [0.15, 0.2) is 0 Å². The molecule has 7 heteroatoms. The van der Waals surface area contributed by atoms with E-state index in [2.05, 4.69) is 0 Å². The van der Waals surface area contributed by atoms with Crippen molar-refractivity contribution in [2.75, 3.05) is 4.90 Å². The predicted molar refractivity (Wildman–Crippen MR) is 97.5 cm³/mol. The highest BCUT2D eigenvalue weighted by Crippen LogP contribution is 2.38. The number of nitro groups is 1. The minimum Gasteiger partial charge on any atom is -0.268 e. The zero-order valence-corrected chi connectivity index (χ0v) is 14.4. The molecule has 1 aliphatic heterocycles. The van der Waals surface area contributed by atoms with E-state index >= 15 is 0 Å². The van der Waals surface area contributed by atoms with E-state index in [1.165, 1.54) is 12.1 Å².